The van der Waals surface area contributed by atoms with Gasteiger partial charge >= 0.3 is 0 Å². The molecular formula is C24H35N3O. The van der Waals surface area contributed by atoms with Crippen LogP contribution in [0.2, 0.25) is 0 Å². The summed E-state index contributed by atoms with van der Waals surface area (Å²) in [5, 5.41) is 3.39. The fourth-order valence-electron chi connectivity index (χ4n) is 2.99. The third-order valence-electron chi connectivity index (χ3n) is 4.38. The predicted molar refractivity (Wildman–Crippen MR) is 123 cm³/mol. The van der Waals surface area contributed by atoms with Gasteiger partial charge in [0.15, 0.2) is 0 Å². The van der Waals surface area contributed by atoms with Crippen LogP contribution in [0.1, 0.15) is 58.6 Å². The van der Waals surface area contributed by atoms with Crippen LogP contribution in [-0.2, 0) is 0 Å². The molecule has 0 unspecified atom stereocenters. The van der Waals surface area contributed by atoms with Gasteiger partial charge in [0.05, 0.1) is 5.56 Å². The highest BCUT2D eigenvalue weighted by atomic mass is 16.1. The first-order valence-corrected chi connectivity index (χ1v) is 9.79. The molecule has 0 atom stereocenters. The number of hydrogen-bond donors (Lipinski definition) is 3. The van der Waals surface area contributed by atoms with Crippen molar-refractivity contribution in [3.05, 3.63) is 82.0 Å². The molecule has 1 aromatic heterocycles. The van der Waals surface area contributed by atoms with Gasteiger partial charge in [0.25, 0.3) is 5.56 Å². The van der Waals surface area contributed by atoms with Crippen LogP contribution in [0.15, 0.2) is 65.3 Å². The Morgan fingerprint density at radius 3 is 2.68 bits per heavy atom. The van der Waals surface area contributed by atoms with E-state index < -0.39 is 0 Å². The summed E-state index contributed by atoms with van der Waals surface area (Å²) in [4.78, 5) is 15.5. The molecular weight excluding hydrogens is 346 g/mol. The second kappa shape index (κ2) is 11.3. The largest absolute Gasteiger partial charge is 0.355 e. The maximum absolute atomic E-state index is 12.7. The lowest BCUT2D eigenvalue weighted by atomic mass is 9.85. The van der Waals surface area contributed by atoms with Gasteiger partial charge < -0.3 is 16.0 Å². The molecule has 0 amide bonds. The Bertz CT molecular complexity index is 836. The maximum atomic E-state index is 12.7. The van der Waals surface area contributed by atoms with E-state index >= 15 is 0 Å². The fourth-order valence-corrected chi connectivity index (χ4v) is 2.99. The van der Waals surface area contributed by atoms with E-state index in [1.807, 2.05) is 37.3 Å². The third kappa shape index (κ3) is 7.20. The minimum Gasteiger partial charge on any atom is -0.355 e. The average Bonchev–Trinajstić information content (AvgIpc) is 2.64. The van der Waals surface area contributed by atoms with Gasteiger partial charge in [-0.2, -0.15) is 0 Å². The molecule has 0 fully saturated rings. The zero-order valence-electron chi connectivity index (χ0n) is 17.9. The first-order chi connectivity index (χ1) is 13.3. The van der Waals surface area contributed by atoms with E-state index in [2.05, 4.69) is 50.7 Å². The minimum atomic E-state index is -0.116. The lowest BCUT2D eigenvalue weighted by Crippen LogP contribution is -2.23. The van der Waals surface area contributed by atoms with E-state index in [4.69, 9.17) is 5.73 Å². The van der Waals surface area contributed by atoms with E-state index in [1.54, 1.807) is 12.3 Å². The molecule has 0 spiro atoms. The Balaban J connectivity index is 3.41. The molecule has 0 aliphatic carbocycles. The average molecular weight is 382 g/mol. The van der Waals surface area contributed by atoms with Gasteiger partial charge in [0.1, 0.15) is 0 Å². The normalized spacial score (nSPS) is 13.9. The van der Waals surface area contributed by atoms with Crippen molar-refractivity contribution in [3.8, 4) is 0 Å². The number of aromatic amines is 1. The number of nitrogens with two attached hydrogens (primary N) is 1. The molecule has 1 aromatic rings. The van der Waals surface area contributed by atoms with Crippen molar-refractivity contribution >= 4 is 11.8 Å². The monoisotopic (exact) mass is 381 g/mol. The van der Waals surface area contributed by atoms with Gasteiger partial charge in [-0.1, -0.05) is 63.3 Å². The highest BCUT2D eigenvalue weighted by Gasteiger charge is 2.17. The molecule has 0 aliphatic rings. The van der Waals surface area contributed by atoms with E-state index in [-0.39, 0.29) is 11.0 Å². The molecule has 0 saturated carbocycles. The van der Waals surface area contributed by atoms with Gasteiger partial charge in [0, 0.05) is 17.6 Å². The summed E-state index contributed by atoms with van der Waals surface area (Å²) >= 11 is 0. The summed E-state index contributed by atoms with van der Waals surface area (Å²) in [5.41, 5.74) is 10.2. The van der Waals surface area contributed by atoms with Crippen molar-refractivity contribution in [3.63, 3.8) is 0 Å². The number of allylic oxidation sites excluding steroid dienone is 6. The molecule has 0 radical (unpaired) electrons. The number of rotatable bonds is 10. The zero-order valence-corrected chi connectivity index (χ0v) is 17.9. The number of nitrogens with one attached hydrogen (secondary N) is 2. The van der Waals surface area contributed by atoms with E-state index in [0.717, 1.165) is 29.8 Å². The van der Waals surface area contributed by atoms with Crippen LogP contribution in [0.3, 0.4) is 0 Å². The van der Waals surface area contributed by atoms with Crippen LogP contribution in [0, 0.1) is 5.41 Å². The van der Waals surface area contributed by atoms with Gasteiger partial charge in [0.2, 0.25) is 0 Å². The molecule has 1 heterocycles. The number of H-pyrrole nitrogens is 1. The second-order valence-electron chi connectivity index (χ2n) is 7.66. The fraction of sp³-hybridized carbons (Fsp3) is 0.375. The summed E-state index contributed by atoms with van der Waals surface area (Å²) in [5.74, 6) is 0. The number of hydrogen-bond acceptors (Lipinski definition) is 3. The van der Waals surface area contributed by atoms with Crippen molar-refractivity contribution in [2.45, 2.75) is 47.5 Å². The van der Waals surface area contributed by atoms with Gasteiger partial charge in [-0.05, 0) is 56.4 Å². The standard InChI is InChI=1S/C24H35N3O/c1-7-10-12-20(9-3)27-21(11-8-2)22-19(13-14-26-23(22)28)15-18(4)16-24(5,6)17-25/h7,9-15,27H,1,8,16-17,25H2,2-6H3,(H,26,28)/b12-10-,18-15+,20-9+,21-11-. The quantitative estimate of drug-likeness (QED) is 0.491. The van der Waals surface area contributed by atoms with E-state index in [0.29, 0.717) is 12.1 Å². The van der Waals surface area contributed by atoms with E-state index in [9.17, 15) is 4.79 Å². The number of aromatic nitrogens is 1. The Kier molecular flexibility index (Phi) is 9.46. The summed E-state index contributed by atoms with van der Waals surface area (Å²) in [6.07, 6.45) is 15.0. The van der Waals surface area contributed by atoms with Gasteiger partial charge in [-0.3, -0.25) is 4.79 Å². The van der Waals surface area contributed by atoms with Crippen LogP contribution in [-0.4, -0.2) is 11.5 Å². The molecule has 0 bridgehead atoms. The van der Waals surface area contributed by atoms with Crippen molar-refractivity contribution in [1.82, 2.24) is 10.3 Å². The summed E-state index contributed by atoms with van der Waals surface area (Å²) in [7, 11) is 0. The molecule has 0 aromatic carbocycles. The topological polar surface area (TPSA) is 70.9 Å². The highest BCUT2D eigenvalue weighted by molar-refractivity contribution is 5.74. The van der Waals surface area contributed by atoms with Crippen LogP contribution < -0.4 is 16.6 Å². The minimum absolute atomic E-state index is 0.0237. The van der Waals surface area contributed by atoms with Crippen LogP contribution in [0.25, 0.3) is 11.8 Å². The van der Waals surface area contributed by atoms with Gasteiger partial charge in [-0.25, -0.2) is 0 Å². The van der Waals surface area contributed by atoms with E-state index in [1.165, 1.54) is 5.57 Å². The van der Waals surface area contributed by atoms with Crippen molar-refractivity contribution < 1.29 is 0 Å². The summed E-state index contributed by atoms with van der Waals surface area (Å²) in [6.45, 7) is 14.7. The second-order valence-corrected chi connectivity index (χ2v) is 7.66. The predicted octanol–water partition coefficient (Wildman–Crippen LogP) is 5.14. The summed E-state index contributed by atoms with van der Waals surface area (Å²) < 4.78 is 0. The molecule has 1 rings (SSSR count). The van der Waals surface area contributed by atoms with Gasteiger partial charge in [-0.15, -0.1) is 0 Å². The lowest BCUT2D eigenvalue weighted by Gasteiger charge is -2.22. The Hall–Kier alpha value is -2.59. The first-order valence-electron chi connectivity index (χ1n) is 9.79. The highest BCUT2D eigenvalue weighted by Crippen LogP contribution is 2.26. The molecule has 4 nitrogen and oxygen atoms in total. The van der Waals surface area contributed by atoms with Crippen LogP contribution in [0.4, 0.5) is 0 Å². The van der Waals surface area contributed by atoms with Crippen LogP contribution in [0.5, 0.6) is 0 Å². The molecule has 4 heteroatoms. The first kappa shape index (κ1) is 23.4. The molecule has 0 saturated heterocycles. The molecule has 28 heavy (non-hydrogen) atoms. The maximum Gasteiger partial charge on any atom is 0.257 e. The van der Waals surface area contributed by atoms with Crippen molar-refractivity contribution in [2.75, 3.05) is 6.54 Å². The van der Waals surface area contributed by atoms with Crippen LogP contribution >= 0.6 is 0 Å². The molecule has 4 N–H and O–H groups in total. The smallest absolute Gasteiger partial charge is 0.257 e. The van der Waals surface area contributed by atoms with Crippen molar-refractivity contribution in [1.29, 1.82) is 0 Å². The molecule has 0 aliphatic heterocycles. The number of pyridine rings is 1. The Morgan fingerprint density at radius 1 is 1.39 bits per heavy atom. The summed E-state index contributed by atoms with van der Waals surface area (Å²) in [6, 6.07) is 1.94. The third-order valence-corrected chi connectivity index (χ3v) is 4.38. The SMILES string of the molecule is C=C/C=C\C(=C/C)N/C(=C\CC)c1c(/C=C(\C)CC(C)(C)CN)cc[nH]c1=O. The van der Waals surface area contributed by atoms with Crippen molar-refractivity contribution in [2.24, 2.45) is 11.1 Å². The molecule has 152 valence electrons. The Labute approximate surface area is 169 Å². The Morgan fingerprint density at radius 2 is 2.11 bits per heavy atom. The lowest BCUT2D eigenvalue weighted by molar-refractivity contribution is 0.376. The zero-order chi connectivity index (χ0) is 21.2.